The molecule has 0 amide bonds. The maximum atomic E-state index is 12.3. The minimum absolute atomic E-state index is 0.231. The van der Waals surface area contributed by atoms with E-state index in [1.807, 2.05) is 6.92 Å². The van der Waals surface area contributed by atoms with Gasteiger partial charge in [-0.15, -0.1) is 0 Å². The predicted molar refractivity (Wildman–Crippen MR) is 50.1 cm³/mol. The Morgan fingerprint density at radius 3 is 2.87 bits per heavy atom. The number of H-pyrrole nitrogens is 1. The highest BCUT2D eigenvalue weighted by Crippen LogP contribution is 2.15. The lowest BCUT2D eigenvalue weighted by molar-refractivity contribution is 0.146. The maximum absolute atomic E-state index is 12.3. The number of fused-ring (bicyclic) bond motifs is 1. The van der Waals surface area contributed by atoms with E-state index in [0.717, 1.165) is 16.3 Å². The van der Waals surface area contributed by atoms with Crippen LogP contribution in [-0.2, 0) is 6.42 Å². The van der Waals surface area contributed by atoms with E-state index >= 15 is 0 Å². The van der Waals surface area contributed by atoms with Crippen molar-refractivity contribution in [2.75, 3.05) is 0 Å². The minimum atomic E-state index is -2.72. The molecule has 0 aromatic carbocycles. The molecule has 1 N–H and O–H groups in total. The first kappa shape index (κ1) is 9.82. The molecule has 0 aliphatic heterocycles. The van der Waals surface area contributed by atoms with Gasteiger partial charge in [-0.05, 0) is 6.42 Å². The van der Waals surface area contributed by atoms with Crippen molar-refractivity contribution in [2.45, 2.75) is 19.8 Å². The number of nitrogens with one attached hydrogen (secondary N) is 1. The number of aryl methyl sites for hydroxylation is 1. The number of alkyl halides is 2. The molecule has 0 saturated heterocycles. The lowest BCUT2D eigenvalue weighted by atomic mass is 10.3. The molecule has 15 heavy (non-hydrogen) atoms. The summed E-state index contributed by atoms with van der Waals surface area (Å²) in [5.74, 6) is 0. The molecule has 0 spiro atoms. The highest BCUT2D eigenvalue weighted by molar-refractivity contribution is 5.39. The monoisotopic (exact) mass is 213 g/mol. The maximum Gasteiger partial charge on any atom is 0.280 e. The number of hydrogen-bond acceptors (Lipinski definition) is 2. The van der Waals surface area contributed by atoms with E-state index in [9.17, 15) is 13.6 Å². The lowest BCUT2D eigenvalue weighted by Crippen LogP contribution is -2.15. The molecular formula is C9H9F2N3O. The fourth-order valence-corrected chi connectivity index (χ4v) is 1.35. The van der Waals surface area contributed by atoms with Crippen molar-refractivity contribution in [1.82, 2.24) is 14.6 Å². The molecule has 0 aliphatic rings. The standard InChI is InChI=1S/C9H9F2N3O/c1-2-5-3-7-12-6(9(10)11)4-8(15)14(7)13-5/h3-4,9,13H,2H2,1H3. The van der Waals surface area contributed by atoms with Gasteiger partial charge in [-0.1, -0.05) is 6.92 Å². The van der Waals surface area contributed by atoms with Gasteiger partial charge in [-0.3, -0.25) is 9.89 Å². The van der Waals surface area contributed by atoms with Crippen LogP contribution in [0.1, 0.15) is 24.7 Å². The molecule has 0 bridgehead atoms. The minimum Gasteiger partial charge on any atom is -0.294 e. The summed E-state index contributed by atoms with van der Waals surface area (Å²) < 4.78 is 25.8. The largest absolute Gasteiger partial charge is 0.294 e. The summed E-state index contributed by atoms with van der Waals surface area (Å²) >= 11 is 0. The van der Waals surface area contributed by atoms with Crippen molar-refractivity contribution < 1.29 is 8.78 Å². The predicted octanol–water partition coefficient (Wildman–Crippen LogP) is 1.52. The fourth-order valence-electron chi connectivity index (χ4n) is 1.35. The van der Waals surface area contributed by atoms with E-state index in [0.29, 0.717) is 6.42 Å². The zero-order valence-corrected chi connectivity index (χ0v) is 8.00. The summed E-state index contributed by atoms with van der Waals surface area (Å²) in [5.41, 5.74) is 0.0114. The van der Waals surface area contributed by atoms with E-state index < -0.39 is 17.7 Å². The average Bonchev–Trinajstić information content (AvgIpc) is 2.61. The van der Waals surface area contributed by atoms with Gasteiger partial charge in [0.2, 0.25) is 0 Å². The van der Waals surface area contributed by atoms with Crippen LogP contribution in [0.25, 0.3) is 5.65 Å². The molecule has 2 heterocycles. The van der Waals surface area contributed by atoms with Crippen LogP contribution in [0.15, 0.2) is 16.9 Å². The molecule has 4 nitrogen and oxygen atoms in total. The zero-order valence-electron chi connectivity index (χ0n) is 8.00. The Kier molecular flexibility index (Phi) is 2.26. The van der Waals surface area contributed by atoms with Gasteiger partial charge in [0, 0.05) is 17.8 Å². The van der Waals surface area contributed by atoms with Gasteiger partial charge in [-0.25, -0.2) is 18.3 Å². The van der Waals surface area contributed by atoms with E-state index in [1.165, 1.54) is 0 Å². The van der Waals surface area contributed by atoms with Gasteiger partial charge >= 0.3 is 0 Å². The van der Waals surface area contributed by atoms with Crippen molar-refractivity contribution in [1.29, 1.82) is 0 Å². The summed E-state index contributed by atoms with van der Waals surface area (Å²) in [6.07, 6.45) is -2.03. The second kappa shape index (κ2) is 3.45. The third kappa shape index (κ3) is 1.62. The van der Waals surface area contributed by atoms with Crippen molar-refractivity contribution in [2.24, 2.45) is 0 Å². The van der Waals surface area contributed by atoms with Crippen LogP contribution in [0, 0.1) is 0 Å². The van der Waals surface area contributed by atoms with E-state index in [-0.39, 0.29) is 5.65 Å². The number of aromatic nitrogens is 3. The first-order valence-electron chi connectivity index (χ1n) is 4.51. The third-order valence-electron chi connectivity index (χ3n) is 2.13. The van der Waals surface area contributed by atoms with E-state index in [2.05, 4.69) is 10.1 Å². The second-order valence-corrected chi connectivity index (χ2v) is 3.15. The Bertz CT molecular complexity index is 544. The molecule has 0 fully saturated rings. The lowest BCUT2D eigenvalue weighted by Gasteiger charge is -1.97. The molecule has 0 aliphatic carbocycles. The van der Waals surface area contributed by atoms with Crippen LogP contribution in [0.3, 0.4) is 0 Å². The normalized spacial score (nSPS) is 11.5. The summed E-state index contributed by atoms with van der Waals surface area (Å²) in [4.78, 5) is 15.1. The molecular weight excluding hydrogens is 204 g/mol. The number of hydrogen-bond donors (Lipinski definition) is 1. The van der Waals surface area contributed by atoms with Crippen molar-refractivity contribution in [3.8, 4) is 0 Å². The Labute approximate surface area is 83.5 Å². The van der Waals surface area contributed by atoms with Gasteiger partial charge < -0.3 is 0 Å². The van der Waals surface area contributed by atoms with Gasteiger partial charge in [0.05, 0.1) is 0 Å². The molecule has 80 valence electrons. The Hall–Kier alpha value is -1.72. The summed E-state index contributed by atoms with van der Waals surface area (Å²) in [7, 11) is 0. The molecule has 6 heteroatoms. The third-order valence-corrected chi connectivity index (χ3v) is 2.13. The SMILES string of the molecule is CCc1cc2nc(C(F)F)cc(=O)n2[nH]1. The number of aromatic amines is 1. The van der Waals surface area contributed by atoms with Crippen molar-refractivity contribution in [3.63, 3.8) is 0 Å². The topological polar surface area (TPSA) is 50.2 Å². The summed E-state index contributed by atoms with van der Waals surface area (Å²) in [5, 5.41) is 2.78. The van der Waals surface area contributed by atoms with Crippen molar-refractivity contribution >= 4 is 5.65 Å². The van der Waals surface area contributed by atoms with Gasteiger partial charge in [-0.2, -0.15) is 0 Å². The average molecular weight is 213 g/mol. The number of nitrogens with zero attached hydrogens (tertiary/aromatic N) is 2. The second-order valence-electron chi connectivity index (χ2n) is 3.15. The van der Waals surface area contributed by atoms with Crippen LogP contribution < -0.4 is 5.56 Å². The number of rotatable bonds is 2. The quantitative estimate of drug-likeness (QED) is 0.822. The van der Waals surface area contributed by atoms with E-state index in [1.54, 1.807) is 6.07 Å². The molecule has 0 radical (unpaired) electrons. The van der Waals surface area contributed by atoms with Crippen LogP contribution in [-0.4, -0.2) is 14.6 Å². The van der Waals surface area contributed by atoms with Crippen LogP contribution >= 0.6 is 0 Å². The smallest absolute Gasteiger partial charge is 0.280 e. The first-order chi connectivity index (χ1) is 7.11. The zero-order chi connectivity index (χ0) is 11.0. The highest BCUT2D eigenvalue weighted by atomic mass is 19.3. The molecule has 2 aromatic heterocycles. The molecule has 0 saturated carbocycles. The molecule has 0 atom stereocenters. The molecule has 0 unspecified atom stereocenters. The fraction of sp³-hybridized carbons (Fsp3) is 0.333. The summed E-state index contributed by atoms with van der Waals surface area (Å²) in [6, 6.07) is 2.43. The Morgan fingerprint density at radius 1 is 1.53 bits per heavy atom. The highest BCUT2D eigenvalue weighted by Gasteiger charge is 2.12. The van der Waals surface area contributed by atoms with Gasteiger partial charge in [0.1, 0.15) is 5.69 Å². The van der Waals surface area contributed by atoms with Crippen LogP contribution in [0.4, 0.5) is 8.78 Å². The number of halogens is 2. The van der Waals surface area contributed by atoms with Gasteiger partial charge in [0.15, 0.2) is 5.65 Å². The first-order valence-corrected chi connectivity index (χ1v) is 4.51. The summed E-state index contributed by atoms with van der Waals surface area (Å²) in [6.45, 7) is 1.89. The molecule has 2 aromatic rings. The molecule has 2 rings (SSSR count). The Morgan fingerprint density at radius 2 is 2.27 bits per heavy atom. The van der Waals surface area contributed by atoms with Crippen LogP contribution in [0.5, 0.6) is 0 Å². The van der Waals surface area contributed by atoms with Crippen LogP contribution in [0.2, 0.25) is 0 Å². The Balaban J connectivity index is 2.70. The van der Waals surface area contributed by atoms with Crippen molar-refractivity contribution in [3.05, 3.63) is 33.9 Å². The van der Waals surface area contributed by atoms with E-state index in [4.69, 9.17) is 0 Å². The van der Waals surface area contributed by atoms with Gasteiger partial charge in [0.25, 0.3) is 12.0 Å².